The second-order valence-corrected chi connectivity index (χ2v) is 8.92. The molecule has 42 heavy (non-hydrogen) atoms. The lowest BCUT2D eigenvalue weighted by Crippen LogP contribution is -2.63. The van der Waals surface area contributed by atoms with Crippen LogP contribution < -0.4 is 19.8 Å². The van der Waals surface area contributed by atoms with Crippen molar-refractivity contribution in [2.45, 2.75) is 72.2 Å². The van der Waals surface area contributed by atoms with Crippen molar-refractivity contribution < 1.29 is 66.3 Å². The zero-order valence-corrected chi connectivity index (χ0v) is 23.7. The van der Waals surface area contributed by atoms with E-state index in [1.807, 2.05) is 0 Å². The molecule has 1 aliphatic heterocycles. The number of fused-ring (bicyclic) bond motifs is 1. The Kier molecular flexibility index (Phi) is 10.5. The van der Waals surface area contributed by atoms with Crippen molar-refractivity contribution in [1.29, 1.82) is 0 Å². The van der Waals surface area contributed by atoms with Gasteiger partial charge in [0.1, 0.15) is 24.0 Å². The minimum atomic E-state index is -1.51. The van der Waals surface area contributed by atoms with Gasteiger partial charge in [0.15, 0.2) is 18.0 Å². The third-order valence-electron chi connectivity index (χ3n) is 5.53. The largest absolute Gasteiger partial charge is 0.489 e. The highest BCUT2D eigenvalue weighted by Crippen LogP contribution is 2.36. The van der Waals surface area contributed by atoms with Gasteiger partial charge in [0.05, 0.1) is 12.0 Å². The molecular weight excluding hydrogens is 564 g/mol. The molecule has 0 bridgehead atoms. The van der Waals surface area contributed by atoms with Gasteiger partial charge in [0, 0.05) is 40.7 Å². The molecule has 0 aliphatic carbocycles. The van der Waals surface area contributed by atoms with Crippen molar-refractivity contribution >= 4 is 40.8 Å². The highest BCUT2D eigenvalue weighted by Gasteiger charge is 2.53. The molecule has 0 spiro atoms. The number of carbonyl (C=O) groups excluding carboxylic acids is 5. The van der Waals surface area contributed by atoms with Crippen LogP contribution in [0.2, 0.25) is 0 Å². The number of esters is 5. The van der Waals surface area contributed by atoms with E-state index in [4.69, 9.17) is 42.3 Å². The Hall–Kier alpha value is -4.66. The second kappa shape index (κ2) is 13.8. The van der Waals surface area contributed by atoms with E-state index < -0.39 is 78.5 Å². The fourth-order valence-corrected chi connectivity index (χ4v) is 4.15. The molecule has 2 heterocycles. The lowest BCUT2D eigenvalue weighted by atomic mass is 9.98. The number of rotatable bonds is 10. The SMILES string of the molecule is CCOc1c(OC(C)=O)c(=O)oc2cc(O[C@@H]3O[C@H](COC(C)=O)[C@@H](OC(C)=O)[C@H](OC(C)=O)[C@H]3OC(C)=O)ccc12. The van der Waals surface area contributed by atoms with Crippen molar-refractivity contribution in [3.63, 3.8) is 0 Å². The van der Waals surface area contributed by atoms with E-state index >= 15 is 0 Å². The zero-order valence-electron chi connectivity index (χ0n) is 23.7. The predicted molar refractivity (Wildman–Crippen MR) is 138 cm³/mol. The second-order valence-electron chi connectivity index (χ2n) is 8.92. The van der Waals surface area contributed by atoms with E-state index in [2.05, 4.69) is 0 Å². The fraction of sp³-hybridized carbons (Fsp3) is 0.481. The molecule has 5 atom stereocenters. The molecule has 0 radical (unpaired) electrons. The average Bonchev–Trinajstić information content (AvgIpc) is 2.87. The van der Waals surface area contributed by atoms with Crippen molar-refractivity contribution in [2.24, 2.45) is 0 Å². The molecule has 1 saturated heterocycles. The molecule has 0 amide bonds. The Labute approximate surface area is 238 Å². The monoisotopic (exact) mass is 594 g/mol. The van der Waals surface area contributed by atoms with Gasteiger partial charge in [-0.3, -0.25) is 24.0 Å². The minimum absolute atomic E-state index is 0.0224. The Balaban J connectivity index is 2.07. The number of hydrogen-bond donors (Lipinski definition) is 0. The summed E-state index contributed by atoms with van der Waals surface area (Å²) in [6.45, 7) is 6.90. The first-order chi connectivity index (χ1) is 19.8. The molecule has 15 heteroatoms. The smallest absolute Gasteiger partial charge is 0.383 e. The van der Waals surface area contributed by atoms with Gasteiger partial charge in [-0.2, -0.15) is 0 Å². The van der Waals surface area contributed by atoms with Crippen molar-refractivity contribution in [2.75, 3.05) is 13.2 Å². The van der Waals surface area contributed by atoms with E-state index in [1.165, 1.54) is 18.2 Å². The first kappa shape index (κ1) is 31.9. The first-order valence-electron chi connectivity index (χ1n) is 12.7. The molecule has 1 aromatic carbocycles. The van der Waals surface area contributed by atoms with Crippen LogP contribution in [0.4, 0.5) is 0 Å². The van der Waals surface area contributed by atoms with Gasteiger partial charge in [-0.15, -0.1) is 0 Å². The maximum absolute atomic E-state index is 12.6. The summed E-state index contributed by atoms with van der Waals surface area (Å²) in [5.74, 6) is -4.26. The first-order valence-corrected chi connectivity index (χ1v) is 12.7. The molecule has 1 aliphatic rings. The minimum Gasteiger partial charge on any atom is -0.489 e. The van der Waals surface area contributed by atoms with E-state index in [0.29, 0.717) is 0 Å². The van der Waals surface area contributed by atoms with E-state index in [-0.39, 0.29) is 29.1 Å². The number of benzene rings is 1. The van der Waals surface area contributed by atoms with E-state index in [0.717, 1.165) is 34.6 Å². The third kappa shape index (κ3) is 7.96. The molecule has 3 rings (SSSR count). The van der Waals surface area contributed by atoms with Crippen LogP contribution in [0.3, 0.4) is 0 Å². The molecule has 1 fully saturated rings. The maximum Gasteiger partial charge on any atom is 0.383 e. The van der Waals surface area contributed by atoms with Crippen LogP contribution in [0.15, 0.2) is 27.4 Å². The van der Waals surface area contributed by atoms with Crippen LogP contribution in [0, 0.1) is 0 Å². The predicted octanol–water partition coefficient (Wildman–Crippen LogP) is 1.58. The van der Waals surface area contributed by atoms with Crippen LogP contribution in [0.1, 0.15) is 41.5 Å². The molecule has 15 nitrogen and oxygen atoms in total. The zero-order chi connectivity index (χ0) is 31.1. The lowest BCUT2D eigenvalue weighted by Gasteiger charge is -2.43. The quantitative estimate of drug-likeness (QED) is 0.219. The van der Waals surface area contributed by atoms with Crippen LogP contribution >= 0.6 is 0 Å². The summed E-state index contributed by atoms with van der Waals surface area (Å²) in [7, 11) is 0. The number of carbonyl (C=O) groups is 5. The summed E-state index contributed by atoms with van der Waals surface area (Å²) in [4.78, 5) is 71.6. The van der Waals surface area contributed by atoms with Gasteiger partial charge in [-0.05, 0) is 19.1 Å². The van der Waals surface area contributed by atoms with Gasteiger partial charge in [-0.1, -0.05) is 0 Å². The Morgan fingerprint density at radius 1 is 0.786 bits per heavy atom. The van der Waals surface area contributed by atoms with Crippen molar-refractivity contribution in [1.82, 2.24) is 0 Å². The number of ether oxygens (including phenoxy) is 8. The molecule has 228 valence electrons. The Bertz CT molecular complexity index is 1410. The normalized spacial score (nSPS) is 21.5. The molecule has 0 saturated carbocycles. The third-order valence-corrected chi connectivity index (χ3v) is 5.53. The van der Waals surface area contributed by atoms with Gasteiger partial charge < -0.3 is 42.3 Å². The molecular formula is C27H30O15. The molecule has 1 aromatic heterocycles. The molecule has 2 aromatic rings. The summed E-state index contributed by atoms with van der Waals surface area (Å²) in [6, 6.07) is 4.18. The topological polar surface area (TPSA) is 189 Å². The highest BCUT2D eigenvalue weighted by atomic mass is 16.7. The van der Waals surface area contributed by atoms with Gasteiger partial charge in [-0.25, -0.2) is 4.79 Å². The number of hydrogen-bond acceptors (Lipinski definition) is 15. The summed E-state index contributed by atoms with van der Waals surface area (Å²) < 4.78 is 48.9. The molecule has 0 N–H and O–H groups in total. The van der Waals surface area contributed by atoms with Gasteiger partial charge >= 0.3 is 35.5 Å². The van der Waals surface area contributed by atoms with E-state index in [1.54, 1.807) is 6.92 Å². The van der Waals surface area contributed by atoms with Crippen LogP contribution in [0.5, 0.6) is 17.2 Å². The fourth-order valence-electron chi connectivity index (χ4n) is 4.15. The summed E-state index contributed by atoms with van der Waals surface area (Å²) in [6.07, 6.45) is -7.02. The van der Waals surface area contributed by atoms with Crippen molar-refractivity contribution in [3.05, 3.63) is 28.6 Å². The van der Waals surface area contributed by atoms with E-state index in [9.17, 15) is 28.8 Å². The Morgan fingerprint density at radius 2 is 1.40 bits per heavy atom. The van der Waals surface area contributed by atoms with Gasteiger partial charge in [0.2, 0.25) is 12.4 Å². The molecule has 0 unspecified atom stereocenters. The summed E-state index contributed by atoms with van der Waals surface area (Å²) >= 11 is 0. The van der Waals surface area contributed by atoms with Crippen LogP contribution in [-0.4, -0.2) is 73.8 Å². The summed E-state index contributed by atoms with van der Waals surface area (Å²) in [5, 5.41) is 0.265. The Morgan fingerprint density at radius 3 is 1.98 bits per heavy atom. The average molecular weight is 595 g/mol. The standard InChI is InChI=1S/C27H30O15/c1-7-34-21-18-9-8-17(10-19(18)41-26(33)24(21)38-15(5)31)40-27-25(39-16(6)32)23(37-14(4)30)22(36-13(3)29)20(42-27)11-35-12(2)28/h8-10,20,22-23,25,27H,7,11H2,1-6H3/t20-,22-,23+,25-,27-/m1/s1. The van der Waals surface area contributed by atoms with Crippen LogP contribution in [0.25, 0.3) is 11.0 Å². The lowest BCUT2D eigenvalue weighted by molar-refractivity contribution is -0.288. The van der Waals surface area contributed by atoms with Crippen LogP contribution in [-0.2, 0) is 47.7 Å². The van der Waals surface area contributed by atoms with Gasteiger partial charge in [0.25, 0.3) is 5.75 Å². The highest BCUT2D eigenvalue weighted by molar-refractivity contribution is 5.87. The summed E-state index contributed by atoms with van der Waals surface area (Å²) in [5.41, 5.74) is -1.02. The van der Waals surface area contributed by atoms with Crippen molar-refractivity contribution in [3.8, 4) is 17.2 Å². The maximum atomic E-state index is 12.6.